The zero-order chi connectivity index (χ0) is 24.4. The number of rotatable bonds is 8. The van der Waals surface area contributed by atoms with E-state index in [1.807, 2.05) is 24.3 Å². The molecule has 178 valence electrons. The van der Waals surface area contributed by atoms with E-state index >= 15 is 0 Å². The van der Waals surface area contributed by atoms with E-state index in [2.05, 4.69) is 19.8 Å². The van der Waals surface area contributed by atoms with E-state index in [0.29, 0.717) is 17.9 Å². The number of carboxylic acid groups (broad SMARTS) is 1. The van der Waals surface area contributed by atoms with Crippen LogP contribution in [0.25, 0.3) is 0 Å². The van der Waals surface area contributed by atoms with Crippen molar-refractivity contribution in [1.82, 2.24) is 19.6 Å². The first-order valence-corrected chi connectivity index (χ1v) is 11.9. The van der Waals surface area contributed by atoms with Gasteiger partial charge < -0.3 is 26.7 Å². The second-order valence-electron chi connectivity index (χ2n) is 7.49. The summed E-state index contributed by atoms with van der Waals surface area (Å²) < 4.78 is 4.02. The highest BCUT2D eigenvalue weighted by atomic mass is 32.2. The molecular weight excluding hydrogens is 482 g/mol. The molecule has 0 bridgehead atoms. The molecule has 12 nitrogen and oxygen atoms in total. The van der Waals surface area contributed by atoms with Gasteiger partial charge in [0.25, 0.3) is 11.8 Å². The van der Waals surface area contributed by atoms with Gasteiger partial charge in [0.15, 0.2) is 5.13 Å². The standard InChI is InChI=1S/C20H21N7O5S2/c1-9-8-33-18-13(17(29)27(18)14(9)19(30)31)23-16(28)12(15-24-20(22)34-26-15)25-32-7-11-4-2-10(6-21)3-5-11/h2-5,13,18H,6-8,21H2,1H3,(H,23,28)(H,30,31)(H2,22,24,26)/t13?,18-/m1/s1. The van der Waals surface area contributed by atoms with E-state index in [4.69, 9.17) is 16.3 Å². The van der Waals surface area contributed by atoms with Crippen LogP contribution in [0.4, 0.5) is 5.13 Å². The van der Waals surface area contributed by atoms with Crippen molar-refractivity contribution >= 4 is 51.9 Å². The lowest BCUT2D eigenvalue weighted by molar-refractivity contribution is -0.150. The molecule has 2 aliphatic heterocycles. The molecule has 2 amide bonds. The van der Waals surface area contributed by atoms with Gasteiger partial charge in [-0.25, -0.2) is 4.79 Å². The van der Waals surface area contributed by atoms with Gasteiger partial charge >= 0.3 is 5.97 Å². The molecule has 34 heavy (non-hydrogen) atoms. The Morgan fingerprint density at radius 2 is 2.03 bits per heavy atom. The number of hydrogen-bond donors (Lipinski definition) is 4. The lowest BCUT2D eigenvalue weighted by atomic mass is 10.0. The van der Waals surface area contributed by atoms with Crippen LogP contribution in [0.3, 0.4) is 0 Å². The number of carboxylic acids is 1. The molecule has 2 aliphatic rings. The molecule has 0 aliphatic carbocycles. The number of nitrogens with zero attached hydrogens (tertiary/aromatic N) is 4. The number of oxime groups is 1. The minimum atomic E-state index is -1.18. The zero-order valence-electron chi connectivity index (χ0n) is 17.9. The van der Waals surface area contributed by atoms with Crippen LogP contribution in [-0.2, 0) is 32.4 Å². The number of fused-ring (bicyclic) bond motifs is 1. The van der Waals surface area contributed by atoms with E-state index in [1.165, 1.54) is 16.7 Å². The van der Waals surface area contributed by atoms with Gasteiger partial charge in [-0.05, 0) is 23.6 Å². The van der Waals surface area contributed by atoms with Crippen LogP contribution in [0.1, 0.15) is 23.9 Å². The minimum absolute atomic E-state index is 0.0413. The fourth-order valence-corrected chi connectivity index (χ4v) is 5.17. The summed E-state index contributed by atoms with van der Waals surface area (Å²) in [6.45, 7) is 2.15. The molecule has 2 atom stereocenters. The second kappa shape index (κ2) is 9.79. The predicted octanol–water partition coefficient (Wildman–Crippen LogP) is 0.258. The normalized spacial score (nSPS) is 20.0. The Balaban J connectivity index is 1.49. The number of nitrogen functional groups attached to an aromatic ring is 1. The molecule has 1 saturated heterocycles. The molecule has 14 heteroatoms. The Kier molecular flexibility index (Phi) is 6.81. The smallest absolute Gasteiger partial charge is 0.352 e. The topological polar surface area (TPSA) is 186 Å². The largest absolute Gasteiger partial charge is 0.477 e. The third-order valence-electron chi connectivity index (χ3n) is 5.16. The summed E-state index contributed by atoms with van der Waals surface area (Å²) in [5, 5.41) is 15.6. The predicted molar refractivity (Wildman–Crippen MR) is 125 cm³/mol. The van der Waals surface area contributed by atoms with Crippen LogP contribution in [0.15, 0.2) is 40.7 Å². The maximum atomic E-state index is 13.0. The van der Waals surface area contributed by atoms with E-state index in [9.17, 15) is 19.5 Å². The molecule has 1 aromatic carbocycles. The Bertz CT molecular complexity index is 1190. The van der Waals surface area contributed by atoms with Crippen molar-refractivity contribution in [3.63, 3.8) is 0 Å². The highest BCUT2D eigenvalue weighted by Crippen LogP contribution is 2.40. The number of nitrogens with one attached hydrogen (secondary N) is 1. The SMILES string of the molecule is CC1=C(C(=O)O)N2C(=O)C(NC(=O)C(=NOCc3ccc(CN)cc3)c3nsc(N)n3)[C@H]2SC1. The van der Waals surface area contributed by atoms with E-state index in [1.54, 1.807) is 6.92 Å². The van der Waals surface area contributed by atoms with Gasteiger partial charge in [0, 0.05) is 23.8 Å². The summed E-state index contributed by atoms with van der Waals surface area (Å²) >= 11 is 2.25. The van der Waals surface area contributed by atoms with Crippen molar-refractivity contribution in [2.45, 2.75) is 31.5 Å². The van der Waals surface area contributed by atoms with Crippen molar-refractivity contribution in [3.8, 4) is 0 Å². The number of nitrogens with two attached hydrogens (primary N) is 2. The van der Waals surface area contributed by atoms with E-state index < -0.39 is 29.2 Å². The van der Waals surface area contributed by atoms with Gasteiger partial charge in [-0.2, -0.15) is 9.36 Å². The van der Waals surface area contributed by atoms with Crippen molar-refractivity contribution in [3.05, 3.63) is 52.5 Å². The quantitative estimate of drug-likeness (QED) is 0.221. The molecule has 1 aromatic heterocycles. The number of hydrogen-bond acceptors (Lipinski definition) is 11. The fraction of sp³-hybridized carbons (Fsp3) is 0.300. The van der Waals surface area contributed by atoms with Crippen molar-refractivity contribution in [2.24, 2.45) is 10.9 Å². The summed E-state index contributed by atoms with van der Waals surface area (Å²) in [7, 11) is 0. The average molecular weight is 504 g/mol. The highest BCUT2D eigenvalue weighted by molar-refractivity contribution is 8.00. The molecule has 0 spiro atoms. The van der Waals surface area contributed by atoms with Crippen molar-refractivity contribution in [1.29, 1.82) is 0 Å². The first kappa shape index (κ1) is 23.7. The number of aliphatic carboxylic acids is 1. The fourth-order valence-electron chi connectivity index (χ4n) is 3.44. The number of thioether (sulfide) groups is 1. The van der Waals surface area contributed by atoms with E-state index in [0.717, 1.165) is 22.7 Å². The van der Waals surface area contributed by atoms with Crippen LogP contribution in [-0.4, -0.2) is 60.0 Å². The first-order chi connectivity index (χ1) is 16.3. The van der Waals surface area contributed by atoms with Crippen LogP contribution >= 0.6 is 23.3 Å². The molecular formula is C20H21N7O5S2. The maximum absolute atomic E-state index is 13.0. The first-order valence-electron chi connectivity index (χ1n) is 10.1. The highest BCUT2D eigenvalue weighted by Gasteiger charge is 2.54. The van der Waals surface area contributed by atoms with Gasteiger partial charge in [0.2, 0.25) is 11.5 Å². The Morgan fingerprint density at radius 1 is 1.32 bits per heavy atom. The van der Waals surface area contributed by atoms with Gasteiger partial charge in [-0.3, -0.25) is 14.5 Å². The Hall–Kier alpha value is -3.49. The van der Waals surface area contributed by atoms with Crippen LogP contribution in [0, 0.1) is 0 Å². The van der Waals surface area contributed by atoms with E-state index in [-0.39, 0.29) is 29.0 Å². The molecule has 6 N–H and O–H groups in total. The summed E-state index contributed by atoms with van der Waals surface area (Å²) in [4.78, 5) is 47.8. The van der Waals surface area contributed by atoms with Crippen LogP contribution in [0.5, 0.6) is 0 Å². The number of amides is 2. The van der Waals surface area contributed by atoms with Gasteiger partial charge in [0.1, 0.15) is 23.7 Å². The number of β-lactam (4-membered cyclic amide) rings is 1. The third kappa shape index (κ3) is 4.60. The lowest BCUT2D eigenvalue weighted by Gasteiger charge is -2.49. The molecule has 0 radical (unpaired) electrons. The van der Waals surface area contributed by atoms with Gasteiger partial charge in [-0.1, -0.05) is 29.4 Å². The van der Waals surface area contributed by atoms with Gasteiger partial charge in [-0.15, -0.1) is 11.8 Å². The molecule has 4 rings (SSSR count). The lowest BCUT2D eigenvalue weighted by Crippen LogP contribution is -2.71. The summed E-state index contributed by atoms with van der Waals surface area (Å²) in [6, 6.07) is 6.44. The van der Waals surface area contributed by atoms with Crippen LogP contribution in [0.2, 0.25) is 0 Å². The average Bonchev–Trinajstić information content (AvgIpc) is 3.25. The minimum Gasteiger partial charge on any atom is -0.477 e. The Morgan fingerprint density at radius 3 is 2.65 bits per heavy atom. The summed E-state index contributed by atoms with van der Waals surface area (Å²) in [6.07, 6.45) is 0. The third-order valence-corrected chi connectivity index (χ3v) is 7.13. The molecule has 2 aromatic rings. The summed E-state index contributed by atoms with van der Waals surface area (Å²) in [5.41, 5.74) is 13.3. The number of aromatic nitrogens is 2. The maximum Gasteiger partial charge on any atom is 0.352 e. The molecule has 1 fully saturated rings. The zero-order valence-corrected chi connectivity index (χ0v) is 19.6. The monoisotopic (exact) mass is 503 g/mol. The Labute approximate surface area is 202 Å². The van der Waals surface area contributed by atoms with Crippen LogP contribution < -0.4 is 16.8 Å². The molecule has 1 unspecified atom stereocenters. The van der Waals surface area contributed by atoms with Crippen molar-refractivity contribution in [2.75, 3.05) is 11.5 Å². The molecule has 3 heterocycles. The van der Waals surface area contributed by atoms with Crippen molar-refractivity contribution < 1.29 is 24.3 Å². The number of anilines is 1. The number of carbonyl (C=O) groups is 3. The van der Waals surface area contributed by atoms with Gasteiger partial charge in [0.05, 0.1) is 0 Å². The number of carbonyl (C=O) groups excluding carboxylic acids is 2. The molecule has 0 saturated carbocycles. The summed E-state index contributed by atoms with van der Waals surface area (Å²) in [5.74, 6) is -2.05. The number of benzene rings is 1. The second-order valence-corrected chi connectivity index (χ2v) is 9.37.